The lowest BCUT2D eigenvalue weighted by molar-refractivity contribution is 0.706. The Labute approximate surface area is 106 Å². The number of rotatable bonds is 6. The van der Waals surface area contributed by atoms with Gasteiger partial charge in [-0.3, -0.25) is 0 Å². The first-order valence-electron chi connectivity index (χ1n) is 6.65. The summed E-state index contributed by atoms with van der Waals surface area (Å²) < 4.78 is 0. The van der Waals surface area contributed by atoms with E-state index in [2.05, 4.69) is 57.3 Å². The van der Waals surface area contributed by atoms with Crippen LogP contribution in [0.5, 0.6) is 0 Å². The molecule has 0 saturated heterocycles. The van der Waals surface area contributed by atoms with Gasteiger partial charge < -0.3 is 5.32 Å². The number of hydrogen-bond donors (Lipinski definition) is 1. The standard InChI is InChI=1S/C16H25N/c1-5-10-17-12-15(6-2)11-16-9-7-8-13(3)14(16)4/h7-9,11,17H,5-6,10,12H2,1-4H3. The fourth-order valence-corrected chi connectivity index (χ4v) is 1.85. The second kappa shape index (κ2) is 7.29. The van der Waals surface area contributed by atoms with Crippen molar-refractivity contribution in [3.05, 3.63) is 40.5 Å². The summed E-state index contributed by atoms with van der Waals surface area (Å²) in [4.78, 5) is 0. The molecule has 94 valence electrons. The molecule has 0 aliphatic rings. The molecule has 1 aromatic carbocycles. The van der Waals surface area contributed by atoms with Crippen molar-refractivity contribution < 1.29 is 0 Å². The molecule has 0 heterocycles. The van der Waals surface area contributed by atoms with Crippen LogP contribution in [0.3, 0.4) is 0 Å². The summed E-state index contributed by atoms with van der Waals surface area (Å²) in [7, 11) is 0. The molecule has 0 aliphatic carbocycles. The van der Waals surface area contributed by atoms with Crippen LogP contribution in [0.15, 0.2) is 23.8 Å². The van der Waals surface area contributed by atoms with E-state index in [1.54, 1.807) is 0 Å². The third-order valence-corrected chi connectivity index (χ3v) is 3.24. The van der Waals surface area contributed by atoms with Crippen molar-refractivity contribution in [1.82, 2.24) is 5.32 Å². The summed E-state index contributed by atoms with van der Waals surface area (Å²) in [6, 6.07) is 6.52. The molecular formula is C16H25N. The number of aryl methyl sites for hydroxylation is 1. The van der Waals surface area contributed by atoms with Gasteiger partial charge in [-0.05, 0) is 49.9 Å². The van der Waals surface area contributed by atoms with E-state index in [1.807, 2.05) is 0 Å². The van der Waals surface area contributed by atoms with E-state index in [9.17, 15) is 0 Å². The molecule has 0 saturated carbocycles. The fraction of sp³-hybridized carbons (Fsp3) is 0.500. The third-order valence-electron chi connectivity index (χ3n) is 3.24. The maximum absolute atomic E-state index is 3.47. The molecule has 1 heteroatoms. The largest absolute Gasteiger partial charge is 0.313 e. The van der Waals surface area contributed by atoms with Crippen LogP contribution in [-0.4, -0.2) is 13.1 Å². The second-order valence-corrected chi connectivity index (χ2v) is 4.62. The van der Waals surface area contributed by atoms with Crippen LogP contribution in [-0.2, 0) is 0 Å². The molecule has 0 atom stereocenters. The molecular weight excluding hydrogens is 206 g/mol. The zero-order valence-corrected chi connectivity index (χ0v) is 11.6. The molecule has 0 spiro atoms. The van der Waals surface area contributed by atoms with Crippen LogP contribution in [0, 0.1) is 13.8 Å². The summed E-state index contributed by atoms with van der Waals surface area (Å²) in [6.45, 7) is 10.9. The van der Waals surface area contributed by atoms with Gasteiger partial charge in [0, 0.05) is 6.54 Å². The molecule has 0 unspecified atom stereocenters. The zero-order valence-electron chi connectivity index (χ0n) is 11.6. The van der Waals surface area contributed by atoms with Gasteiger partial charge in [0.1, 0.15) is 0 Å². The van der Waals surface area contributed by atoms with E-state index in [4.69, 9.17) is 0 Å². The van der Waals surface area contributed by atoms with Crippen molar-refractivity contribution in [2.24, 2.45) is 0 Å². The maximum atomic E-state index is 3.47. The van der Waals surface area contributed by atoms with Crippen molar-refractivity contribution in [2.45, 2.75) is 40.5 Å². The minimum atomic E-state index is 1.01. The van der Waals surface area contributed by atoms with Crippen LogP contribution >= 0.6 is 0 Å². The Balaban J connectivity index is 2.79. The molecule has 0 radical (unpaired) electrons. The van der Waals surface area contributed by atoms with Gasteiger partial charge in [-0.1, -0.05) is 43.7 Å². The zero-order chi connectivity index (χ0) is 12.7. The van der Waals surface area contributed by atoms with E-state index >= 15 is 0 Å². The molecule has 0 bridgehead atoms. The summed E-state index contributed by atoms with van der Waals surface area (Å²) in [6.07, 6.45) is 4.65. The highest BCUT2D eigenvalue weighted by Gasteiger charge is 2.00. The van der Waals surface area contributed by atoms with Crippen LogP contribution in [0.4, 0.5) is 0 Å². The predicted molar refractivity (Wildman–Crippen MR) is 77.3 cm³/mol. The van der Waals surface area contributed by atoms with Crippen molar-refractivity contribution in [3.63, 3.8) is 0 Å². The average molecular weight is 231 g/mol. The predicted octanol–water partition coefficient (Wildman–Crippen LogP) is 4.10. The van der Waals surface area contributed by atoms with Gasteiger partial charge in [0.25, 0.3) is 0 Å². The normalized spacial score (nSPS) is 11.9. The highest BCUT2D eigenvalue weighted by molar-refractivity contribution is 5.58. The average Bonchev–Trinajstić information content (AvgIpc) is 2.33. The topological polar surface area (TPSA) is 12.0 Å². The van der Waals surface area contributed by atoms with Crippen molar-refractivity contribution in [3.8, 4) is 0 Å². The van der Waals surface area contributed by atoms with Crippen LogP contribution in [0.25, 0.3) is 6.08 Å². The van der Waals surface area contributed by atoms with Crippen molar-refractivity contribution in [2.75, 3.05) is 13.1 Å². The number of hydrogen-bond acceptors (Lipinski definition) is 1. The lowest BCUT2D eigenvalue weighted by Gasteiger charge is -2.09. The van der Waals surface area contributed by atoms with Crippen LogP contribution < -0.4 is 5.32 Å². The lowest BCUT2D eigenvalue weighted by Crippen LogP contribution is -2.17. The smallest absolute Gasteiger partial charge is 0.0167 e. The first-order valence-corrected chi connectivity index (χ1v) is 6.65. The van der Waals surface area contributed by atoms with Gasteiger partial charge in [0.15, 0.2) is 0 Å². The first kappa shape index (κ1) is 14.0. The van der Waals surface area contributed by atoms with Crippen molar-refractivity contribution in [1.29, 1.82) is 0 Å². The minimum absolute atomic E-state index is 1.01. The maximum Gasteiger partial charge on any atom is 0.0167 e. The van der Waals surface area contributed by atoms with Gasteiger partial charge in [0.05, 0.1) is 0 Å². The van der Waals surface area contributed by atoms with Gasteiger partial charge in [-0.2, -0.15) is 0 Å². The Hall–Kier alpha value is -1.08. The van der Waals surface area contributed by atoms with Crippen LogP contribution in [0.2, 0.25) is 0 Å². The van der Waals surface area contributed by atoms with Gasteiger partial charge in [0.2, 0.25) is 0 Å². The molecule has 0 aromatic heterocycles. The second-order valence-electron chi connectivity index (χ2n) is 4.62. The number of benzene rings is 1. The Morgan fingerprint density at radius 1 is 1.24 bits per heavy atom. The number of nitrogens with one attached hydrogen (secondary N) is 1. The Morgan fingerprint density at radius 3 is 2.65 bits per heavy atom. The third kappa shape index (κ3) is 4.35. The Bertz CT molecular complexity index is 377. The van der Waals surface area contributed by atoms with E-state index < -0.39 is 0 Å². The minimum Gasteiger partial charge on any atom is -0.313 e. The summed E-state index contributed by atoms with van der Waals surface area (Å²) in [5.74, 6) is 0. The molecule has 1 N–H and O–H groups in total. The molecule has 1 rings (SSSR count). The Morgan fingerprint density at radius 2 is 2.00 bits per heavy atom. The first-order chi connectivity index (χ1) is 8.19. The highest BCUT2D eigenvalue weighted by atomic mass is 14.8. The van der Waals surface area contributed by atoms with E-state index in [0.29, 0.717) is 0 Å². The summed E-state index contributed by atoms with van der Waals surface area (Å²) >= 11 is 0. The molecule has 0 amide bonds. The van der Waals surface area contributed by atoms with Crippen molar-refractivity contribution >= 4 is 6.08 Å². The van der Waals surface area contributed by atoms with Crippen LogP contribution in [0.1, 0.15) is 43.4 Å². The van der Waals surface area contributed by atoms with Gasteiger partial charge in [-0.25, -0.2) is 0 Å². The summed E-state index contributed by atoms with van der Waals surface area (Å²) in [5.41, 5.74) is 5.61. The molecule has 1 aromatic rings. The highest BCUT2D eigenvalue weighted by Crippen LogP contribution is 2.17. The molecule has 0 fully saturated rings. The SMILES string of the molecule is CCCNCC(=Cc1cccc(C)c1C)CC. The molecule has 0 aliphatic heterocycles. The Kier molecular flexibility index (Phi) is 5.99. The lowest BCUT2D eigenvalue weighted by atomic mass is 10.0. The van der Waals surface area contributed by atoms with E-state index in [-0.39, 0.29) is 0 Å². The van der Waals surface area contributed by atoms with E-state index in [0.717, 1.165) is 19.5 Å². The van der Waals surface area contributed by atoms with Gasteiger partial charge in [-0.15, -0.1) is 0 Å². The van der Waals surface area contributed by atoms with Gasteiger partial charge >= 0.3 is 0 Å². The molecule has 1 nitrogen and oxygen atoms in total. The quantitative estimate of drug-likeness (QED) is 0.727. The fourth-order valence-electron chi connectivity index (χ4n) is 1.85. The molecule has 17 heavy (non-hydrogen) atoms. The van der Waals surface area contributed by atoms with E-state index in [1.165, 1.54) is 28.7 Å². The summed E-state index contributed by atoms with van der Waals surface area (Å²) in [5, 5.41) is 3.47. The monoisotopic (exact) mass is 231 g/mol.